The lowest BCUT2D eigenvalue weighted by atomic mass is 10.0. The van der Waals surface area contributed by atoms with Gasteiger partial charge in [0.2, 0.25) is 0 Å². The second-order valence-electron chi connectivity index (χ2n) is 5.13. The van der Waals surface area contributed by atoms with Crippen LogP contribution in [0.3, 0.4) is 0 Å². The molecule has 0 bridgehead atoms. The van der Waals surface area contributed by atoms with Gasteiger partial charge in [-0.1, -0.05) is 0 Å². The van der Waals surface area contributed by atoms with E-state index in [-0.39, 0.29) is 11.1 Å². The van der Waals surface area contributed by atoms with Crippen LogP contribution in [0.4, 0.5) is 0 Å². The number of thiol groups is 1. The summed E-state index contributed by atoms with van der Waals surface area (Å²) >= 11 is 3.84. The summed E-state index contributed by atoms with van der Waals surface area (Å²) in [5.74, 6) is 0. The lowest BCUT2D eigenvalue weighted by Crippen LogP contribution is -2.37. The average molecular weight is 205 g/mol. The minimum Gasteiger partial charge on any atom is -0.313 e. The van der Waals surface area contributed by atoms with Crippen LogP contribution in [0.2, 0.25) is 0 Å². The molecule has 2 nitrogen and oxygen atoms in total. The molecular formula is C10H23NOS. The van der Waals surface area contributed by atoms with E-state index < -0.39 is 0 Å². The van der Waals surface area contributed by atoms with Gasteiger partial charge in [0.15, 0.2) is 0 Å². The summed E-state index contributed by atoms with van der Waals surface area (Å²) in [4.78, 5) is 0. The van der Waals surface area contributed by atoms with E-state index in [4.69, 9.17) is 4.18 Å². The molecule has 0 unspecified atom stereocenters. The standard InChI is InChI=1S/C10H23NOS/c1-9(2,3)11-8-6-7-10(4,5)12-13/h11,13H,6-8H2,1-5H3. The fourth-order valence-corrected chi connectivity index (χ4v) is 1.11. The zero-order valence-electron chi connectivity index (χ0n) is 9.48. The van der Waals surface area contributed by atoms with Gasteiger partial charge in [-0.15, -0.1) is 0 Å². The van der Waals surface area contributed by atoms with Gasteiger partial charge in [-0.2, -0.15) is 0 Å². The summed E-state index contributed by atoms with van der Waals surface area (Å²) in [5, 5.41) is 3.44. The van der Waals surface area contributed by atoms with Gasteiger partial charge < -0.3 is 9.50 Å². The number of hydrogen-bond donors (Lipinski definition) is 2. The van der Waals surface area contributed by atoms with Crippen molar-refractivity contribution in [3.8, 4) is 0 Å². The molecule has 0 heterocycles. The molecular weight excluding hydrogens is 182 g/mol. The zero-order valence-corrected chi connectivity index (χ0v) is 10.4. The Bertz CT molecular complexity index is 140. The summed E-state index contributed by atoms with van der Waals surface area (Å²) in [5.41, 5.74) is 0.106. The predicted octanol–water partition coefficient (Wildman–Crippen LogP) is 2.79. The SMILES string of the molecule is CC(C)(C)NCCCC(C)(C)OS. The largest absolute Gasteiger partial charge is 0.313 e. The monoisotopic (exact) mass is 205 g/mol. The van der Waals surface area contributed by atoms with Crippen molar-refractivity contribution in [1.29, 1.82) is 0 Å². The molecule has 0 aliphatic rings. The Morgan fingerprint density at radius 2 is 1.69 bits per heavy atom. The normalized spacial score (nSPS) is 13.4. The van der Waals surface area contributed by atoms with Crippen molar-refractivity contribution in [1.82, 2.24) is 5.32 Å². The van der Waals surface area contributed by atoms with Gasteiger partial charge in [-0.3, -0.25) is 0 Å². The van der Waals surface area contributed by atoms with Crippen molar-refractivity contribution < 1.29 is 4.18 Å². The Kier molecular flexibility index (Phi) is 5.33. The molecule has 0 saturated heterocycles. The second kappa shape index (κ2) is 5.23. The number of rotatable bonds is 5. The summed E-state index contributed by atoms with van der Waals surface area (Å²) in [6.45, 7) is 11.7. The maximum atomic E-state index is 5.04. The highest BCUT2D eigenvalue weighted by Crippen LogP contribution is 2.17. The fraction of sp³-hybridized carbons (Fsp3) is 1.00. The lowest BCUT2D eigenvalue weighted by molar-refractivity contribution is 0.129. The Morgan fingerprint density at radius 1 is 1.15 bits per heavy atom. The maximum Gasteiger partial charge on any atom is 0.0770 e. The molecule has 80 valence electrons. The smallest absolute Gasteiger partial charge is 0.0770 e. The van der Waals surface area contributed by atoms with Crippen LogP contribution in [0.1, 0.15) is 47.5 Å². The minimum atomic E-state index is -0.108. The van der Waals surface area contributed by atoms with E-state index in [0.29, 0.717) is 0 Å². The third-order valence-electron chi connectivity index (χ3n) is 1.86. The fourth-order valence-electron chi connectivity index (χ4n) is 1.02. The number of nitrogens with one attached hydrogen (secondary N) is 1. The van der Waals surface area contributed by atoms with Crippen LogP contribution in [0, 0.1) is 0 Å². The molecule has 0 fully saturated rings. The molecule has 0 aliphatic heterocycles. The molecule has 0 rings (SSSR count). The van der Waals surface area contributed by atoms with E-state index in [9.17, 15) is 0 Å². The highest BCUT2D eigenvalue weighted by molar-refractivity contribution is 7.75. The lowest BCUT2D eigenvalue weighted by Gasteiger charge is -2.24. The van der Waals surface area contributed by atoms with Crippen LogP contribution in [0.25, 0.3) is 0 Å². The van der Waals surface area contributed by atoms with Crippen LogP contribution in [0.15, 0.2) is 0 Å². The van der Waals surface area contributed by atoms with Crippen molar-refractivity contribution in [3.05, 3.63) is 0 Å². The first-order chi connectivity index (χ1) is 5.77. The summed E-state index contributed by atoms with van der Waals surface area (Å²) in [6, 6.07) is 0. The molecule has 0 radical (unpaired) electrons. The minimum absolute atomic E-state index is 0.108. The van der Waals surface area contributed by atoms with Crippen molar-refractivity contribution >= 4 is 12.9 Å². The highest BCUT2D eigenvalue weighted by Gasteiger charge is 2.16. The molecule has 0 spiro atoms. The van der Waals surface area contributed by atoms with E-state index >= 15 is 0 Å². The second-order valence-corrected chi connectivity index (χ2v) is 5.31. The van der Waals surface area contributed by atoms with Crippen molar-refractivity contribution in [2.75, 3.05) is 6.54 Å². The van der Waals surface area contributed by atoms with Gasteiger partial charge in [-0.05, 0) is 66.9 Å². The highest BCUT2D eigenvalue weighted by atomic mass is 32.1. The van der Waals surface area contributed by atoms with Gasteiger partial charge in [0, 0.05) is 5.54 Å². The Labute approximate surface area is 88.1 Å². The van der Waals surface area contributed by atoms with Crippen molar-refractivity contribution in [3.63, 3.8) is 0 Å². The average Bonchev–Trinajstić information content (AvgIpc) is 1.97. The van der Waals surface area contributed by atoms with Crippen LogP contribution in [-0.2, 0) is 4.18 Å². The first kappa shape index (κ1) is 13.3. The van der Waals surface area contributed by atoms with E-state index in [0.717, 1.165) is 19.4 Å². The first-order valence-electron chi connectivity index (χ1n) is 4.84. The van der Waals surface area contributed by atoms with Crippen molar-refractivity contribution in [2.45, 2.75) is 58.6 Å². The first-order valence-corrected chi connectivity index (χ1v) is 5.21. The predicted molar refractivity (Wildman–Crippen MR) is 61.1 cm³/mol. The molecule has 0 aromatic rings. The summed E-state index contributed by atoms with van der Waals surface area (Å²) < 4.78 is 5.04. The Hall–Kier alpha value is 0.270. The summed E-state index contributed by atoms with van der Waals surface area (Å²) in [6.07, 6.45) is 2.14. The quantitative estimate of drug-likeness (QED) is 0.409. The van der Waals surface area contributed by atoms with Crippen LogP contribution in [-0.4, -0.2) is 17.7 Å². The van der Waals surface area contributed by atoms with E-state index in [1.54, 1.807) is 0 Å². The van der Waals surface area contributed by atoms with E-state index in [1.165, 1.54) is 0 Å². The zero-order chi connectivity index (χ0) is 10.5. The molecule has 13 heavy (non-hydrogen) atoms. The molecule has 3 heteroatoms. The molecule has 0 aromatic heterocycles. The maximum absolute atomic E-state index is 5.04. The molecule has 0 saturated carbocycles. The summed E-state index contributed by atoms with van der Waals surface area (Å²) in [7, 11) is 0. The molecule has 0 amide bonds. The third-order valence-corrected chi connectivity index (χ3v) is 2.35. The molecule has 0 atom stereocenters. The molecule has 1 N–H and O–H groups in total. The van der Waals surface area contributed by atoms with Crippen LogP contribution in [0.5, 0.6) is 0 Å². The van der Waals surface area contributed by atoms with Gasteiger partial charge in [0.25, 0.3) is 0 Å². The number of hydrogen-bond acceptors (Lipinski definition) is 3. The van der Waals surface area contributed by atoms with Crippen LogP contribution >= 0.6 is 12.9 Å². The van der Waals surface area contributed by atoms with E-state index in [1.807, 2.05) is 0 Å². The molecule has 0 aromatic carbocycles. The Morgan fingerprint density at radius 3 is 2.08 bits per heavy atom. The van der Waals surface area contributed by atoms with Crippen LogP contribution < -0.4 is 5.32 Å². The van der Waals surface area contributed by atoms with E-state index in [2.05, 4.69) is 52.8 Å². The van der Waals surface area contributed by atoms with Gasteiger partial charge in [0.05, 0.1) is 5.60 Å². The third kappa shape index (κ3) is 8.60. The van der Waals surface area contributed by atoms with Gasteiger partial charge in [0.1, 0.15) is 0 Å². The van der Waals surface area contributed by atoms with Gasteiger partial charge in [-0.25, -0.2) is 0 Å². The molecule has 0 aliphatic carbocycles. The Balaban J connectivity index is 3.47. The topological polar surface area (TPSA) is 21.3 Å². The van der Waals surface area contributed by atoms with Crippen molar-refractivity contribution in [2.24, 2.45) is 0 Å². The van der Waals surface area contributed by atoms with Gasteiger partial charge >= 0.3 is 0 Å².